The number of hydrogen-bond donors (Lipinski definition) is 1. The van der Waals surface area contributed by atoms with Gasteiger partial charge in [0, 0.05) is 30.2 Å². The minimum absolute atomic E-state index is 0.0772. The molecule has 0 aliphatic carbocycles. The van der Waals surface area contributed by atoms with Crippen LogP contribution in [0.15, 0.2) is 66.1 Å². The van der Waals surface area contributed by atoms with Crippen molar-refractivity contribution in [3.63, 3.8) is 0 Å². The van der Waals surface area contributed by atoms with Crippen LogP contribution in [0.4, 0.5) is 0 Å². The van der Waals surface area contributed by atoms with Gasteiger partial charge in [0.25, 0.3) is 5.91 Å². The van der Waals surface area contributed by atoms with E-state index < -0.39 is 0 Å². The van der Waals surface area contributed by atoms with Crippen molar-refractivity contribution in [1.82, 2.24) is 19.8 Å². The third kappa shape index (κ3) is 4.64. The van der Waals surface area contributed by atoms with Gasteiger partial charge in [-0.1, -0.05) is 47.7 Å². The quantitative estimate of drug-likeness (QED) is 0.617. The first-order valence-corrected chi connectivity index (χ1v) is 10.4. The maximum atomic E-state index is 12.8. The number of thioether (sulfide) groups is 1. The van der Waals surface area contributed by atoms with Gasteiger partial charge in [0.05, 0.1) is 6.04 Å². The van der Waals surface area contributed by atoms with Crippen molar-refractivity contribution in [3.8, 4) is 5.69 Å². The molecule has 1 heterocycles. The second-order valence-electron chi connectivity index (χ2n) is 6.93. The molecule has 28 heavy (non-hydrogen) atoms. The number of imidazole rings is 1. The first kappa shape index (κ1) is 20.2. The Morgan fingerprint density at radius 3 is 2.64 bits per heavy atom. The number of aryl methyl sites for hydroxylation is 1. The molecular weight excluding hydrogens is 368 g/mol. The third-order valence-electron chi connectivity index (χ3n) is 4.72. The lowest BCUT2D eigenvalue weighted by Gasteiger charge is -2.25. The second kappa shape index (κ2) is 9.08. The molecule has 146 valence electrons. The second-order valence-corrected chi connectivity index (χ2v) is 7.71. The Labute approximate surface area is 170 Å². The van der Waals surface area contributed by atoms with E-state index in [-0.39, 0.29) is 11.9 Å². The fourth-order valence-electron chi connectivity index (χ4n) is 3.11. The van der Waals surface area contributed by atoms with Crippen LogP contribution < -0.4 is 5.32 Å². The summed E-state index contributed by atoms with van der Waals surface area (Å²) in [4.78, 5) is 19.2. The Bertz CT molecular complexity index is 934. The van der Waals surface area contributed by atoms with Gasteiger partial charge < -0.3 is 10.2 Å². The molecule has 0 spiro atoms. The van der Waals surface area contributed by atoms with Crippen molar-refractivity contribution >= 4 is 17.7 Å². The number of carbonyl (C=O) groups excluding carboxylic acids is 1. The Kier molecular flexibility index (Phi) is 6.54. The molecule has 0 saturated carbocycles. The van der Waals surface area contributed by atoms with E-state index in [9.17, 15) is 4.79 Å². The molecule has 1 amide bonds. The minimum Gasteiger partial charge on any atom is -0.350 e. The SMILES string of the molecule is CSc1nccn1-c1cccc(C(=O)NCC(c2ccc(C)cc2)N(C)C)c1. The van der Waals surface area contributed by atoms with Crippen LogP contribution in [0.1, 0.15) is 27.5 Å². The molecule has 3 aromatic rings. The molecule has 2 aromatic carbocycles. The Morgan fingerprint density at radius 1 is 1.21 bits per heavy atom. The number of amides is 1. The molecule has 1 atom stereocenters. The highest BCUT2D eigenvalue weighted by Gasteiger charge is 2.16. The maximum Gasteiger partial charge on any atom is 0.251 e. The predicted molar refractivity (Wildman–Crippen MR) is 115 cm³/mol. The predicted octanol–water partition coefficient (Wildman–Crippen LogP) is 3.94. The van der Waals surface area contributed by atoms with Gasteiger partial charge in [0.1, 0.15) is 0 Å². The molecular formula is C22H26N4OS. The van der Waals surface area contributed by atoms with Crippen LogP contribution in [-0.2, 0) is 0 Å². The molecule has 0 fully saturated rings. The van der Waals surface area contributed by atoms with E-state index in [0.717, 1.165) is 10.8 Å². The van der Waals surface area contributed by atoms with Crippen molar-refractivity contribution in [2.75, 3.05) is 26.9 Å². The molecule has 3 rings (SSSR count). The molecule has 0 saturated heterocycles. The zero-order valence-corrected chi connectivity index (χ0v) is 17.5. The minimum atomic E-state index is -0.0772. The average molecular weight is 395 g/mol. The summed E-state index contributed by atoms with van der Waals surface area (Å²) in [7, 11) is 4.06. The first-order valence-electron chi connectivity index (χ1n) is 9.18. The van der Waals surface area contributed by atoms with Crippen molar-refractivity contribution < 1.29 is 4.79 Å². The van der Waals surface area contributed by atoms with Gasteiger partial charge in [-0.05, 0) is 51.0 Å². The topological polar surface area (TPSA) is 50.2 Å². The number of likely N-dealkylation sites (N-methyl/N-ethyl adjacent to an activating group) is 1. The monoisotopic (exact) mass is 394 g/mol. The molecule has 5 nitrogen and oxygen atoms in total. The Hall–Kier alpha value is -2.57. The molecule has 0 aliphatic heterocycles. The van der Waals surface area contributed by atoms with Crippen LogP contribution in [0.2, 0.25) is 0 Å². The zero-order valence-electron chi connectivity index (χ0n) is 16.7. The molecule has 1 N–H and O–H groups in total. The van der Waals surface area contributed by atoms with Gasteiger partial charge in [-0.25, -0.2) is 4.98 Å². The highest BCUT2D eigenvalue weighted by atomic mass is 32.2. The standard InChI is InChI=1S/C22H26N4OS/c1-16-8-10-17(11-9-16)20(25(2)3)15-24-21(27)18-6-5-7-19(14-18)26-13-12-23-22(26)28-4/h5-14,20H,15H2,1-4H3,(H,24,27). The molecule has 0 bridgehead atoms. The van der Waals surface area contributed by atoms with E-state index in [1.54, 1.807) is 18.0 Å². The summed E-state index contributed by atoms with van der Waals surface area (Å²) in [6.45, 7) is 2.62. The van der Waals surface area contributed by atoms with Crippen molar-refractivity contribution in [2.45, 2.75) is 18.1 Å². The summed E-state index contributed by atoms with van der Waals surface area (Å²) in [5, 5.41) is 3.98. The highest BCUT2D eigenvalue weighted by molar-refractivity contribution is 7.98. The first-order chi connectivity index (χ1) is 13.5. The lowest BCUT2D eigenvalue weighted by Crippen LogP contribution is -2.34. The van der Waals surface area contributed by atoms with Gasteiger partial charge in [0.15, 0.2) is 5.16 Å². The molecule has 1 aromatic heterocycles. The number of hydrogen-bond acceptors (Lipinski definition) is 4. The van der Waals surface area contributed by atoms with E-state index in [1.165, 1.54) is 11.1 Å². The van der Waals surface area contributed by atoms with Crippen LogP contribution in [0.25, 0.3) is 5.69 Å². The fraction of sp³-hybridized carbons (Fsp3) is 0.273. The molecule has 0 aliphatic rings. The maximum absolute atomic E-state index is 12.8. The van der Waals surface area contributed by atoms with Crippen molar-refractivity contribution in [3.05, 3.63) is 77.6 Å². The van der Waals surface area contributed by atoms with Gasteiger partial charge in [-0.15, -0.1) is 0 Å². The molecule has 1 unspecified atom stereocenters. The van der Waals surface area contributed by atoms with E-state index in [0.29, 0.717) is 12.1 Å². The summed E-state index contributed by atoms with van der Waals surface area (Å²) in [5.74, 6) is -0.0772. The summed E-state index contributed by atoms with van der Waals surface area (Å²) < 4.78 is 1.98. The molecule has 0 radical (unpaired) electrons. The number of aromatic nitrogens is 2. The fourth-order valence-corrected chi connectivity index (χ4v) is 3.64. The average Bonchev–Trinajstić information content (AvgIpc) is 3.18. The zero-order chi connectivity index (χ0) is 20.1. The van der Waals surface area contributed by atoms with Crippen LogP contribution in [-0.4, -0.2) is 47.3 Å². The smallest absolute Gasteiger partial charge is 0.251 e. The summed E-state index contributed by atoms with van der Waals surface area (Å²) in [6.07, 6.45) is 5.66. The summed E-state index contributed by atoms with van der Waals surface area (Å²) >= 11 is 1.57. The van der Waals surface area contributed by atoms with Gasteiger partial charge in [-0.2, -0.15) is 0 Å². The number of rotatable bonds is 7. The van der Waals surface area contributed by atoms with Crippen LogP contribution >= 0.6 is 11.8 Å². The summed E-state index contributed by atoms with van der Waals surface area (Å²) in [6, 6.07) is 16.2. The van der Waals surface area contributed by atoms with Gasteiger partial charge in [-0.3, -0.25) is 9.36 Å². The third-order valence-corrected chi connectivity index (χ3v) is 5.38. The molecule has 6 heteroatoms. The van der Waals surface area contributed by atoms with E-state index in [1.807, 2.05) is 55.4 Å². The lowest BCUT2D eigenvalue weighted by atomic mass is 10.0. The van der Waals surface area contributed by atoms with Crippen molar-refractivity contribution in [2.24, 2.45) is 0 Å². The normalized spacial score (nSPS) is 12.2. The van der Waals surface area contributed by atoms with E-state index in [2.05, 4.69) is 46.4 Å². The van der Waals surface area contributed by atoms with Crippen LogP contribution in [0.5, 0.6) is 0 Å². The van der Waals surface area contributed by atoms with Gasteiger partial charge >= 0.3 is 0 Å². The van der Waals surface area contributed by atoms with E-state index >= 15 is 0 Å². The van der Waals surface area contributed by atoms with Gasteiger partial charge in [0.2, 0.25) is 0 Å². The largest absolute Gasteiger partial charge is 0.350 e. The number of nitrogens with zero attached hydrogens (tertiary/aromatic N) is 3. The Morgan fingerprint density at radius 2 is 1.96 bits per heavy atom. The summed E-state index contributed by atoms with van der Waals surface area (Å²) in [5.41, 5.74) is 3.98. The number of carbonyl (C=O) groups is 1. The lowest BCUT2D eigenvalue weighted by molar-refractivity contribution is 0.0942. The number of benzene rings is 2. The number of nitrogens with one attached hydrogen (secondary N) is 1. The van der Waals surface area contributed by atoms with Crippen LogP contribution in [0, 0.1) is 6.92 Å². The van der Waals surface area contributed by atoms with Crippen molar-refractivity contribution in [1.29, 1.82) is 0 Å². The highest BCUT2D eigenvalue weighted by Crippen LogP contribution is 2.20. The van der Waals surface area contributed by atoms with Crippen LogP contribution in [0.3, 0.4) is 0 Å². The Balaban J connectivity index is 1.73. The van der Waals surface area contributed by atoms with E-state index in [4.69, 9.17) is 0 Å².